The smallest absolute Gasteiger partial charge is 0.207 e. The van der Waals surface area contributed by atoms with Gasteiger partial charge in [0, 0.05) is 24.9 Å². The number of likely N-dealkylation sites (tertiary alicyclic amines) is 1. The van der Waals surface area contributed by atoms with Crippen LogP contribution in [0.5, 0.6) is 0 Å². The quantitative estimate of drug-likeness (QED) is 0.449. The van der Waals surface area contributed by atoms with E-state index in [1.54, 1.807) is 4.90 Å². The van der Waals surface area contributed by atoms with Crippen LogP contribution in [0.3, 0.4) is 0 Å². The van der Waals surface area contributed by atoms with Crippen LogP contribution in [-0.4, -0.2) is 27.4 Å². The predicted molar refractivity (Wildman–Crippen MR) is 131 cm³/mol. The monoisotopic (exact) mass is 441 g/mol. The minimum Gasteiger partial charge on any atom is -0.316 e. The molecule has 2 heterocycles. The van der Waals surface area contributed by atoms with Crippen LogP contribution in [0, 0.1) is 4.77 Å². The predicted octanol–water partition coefficient (Wildman–Crippen LogP) is 4.41. The summed E-state index contributed by atoms with van der Waals surface area (Å²) < 4.78 is 4.96. The average Bonchev–Trinajstić information content (AvgIpc) is 3.15. The highest BCUT2D eigenvalue weighted by Crippen LogP contribution is 2.23. The van der Waals surface area contributed by atoms with E-state index in [0.717, 1.165) is 42.5 Å². The molecule has 4 aromatic rings. The molecular formula is C27H29N4S+. The van der Waals surface area contributed by atoms with Gasteiger partial charge in [-0.3, -0.25) is 4.57 Å². The standard InChI is InChI=1S/C27H28N4S/c32-27-30(21-29-18-16-24(17-19-29)23-12-6-2-7-13-23)28-26(20-22-10-4-1-5-11-22)31(27)25-14-8-3-9-15-25/h1-15,24H,16-21H2/p+1. The van der Waals surface area contributed by atoms with Gasteiger partial charge in [0.1, 0.15) is 5.82 Å². The number of rotatable bonds is 6. The van der Waals surface area contributed by atoms with Crippen LogP contribution < -0.4 is 4.90 Å². The molecule has 0 atom stereocenters. The first kappa shape index (κ1) is 20.9. The van der Waals surface area contributed by atoms with Gasteiger partial charge in [-0.2, -0.15) is 9.78 Å². The summed E-state index contributed by atoms with van der Waals surface area (Å²) in [5, 5.41) is 5.01. The van der Waals surface area contributed by atoms with Crippen LogP contribution in [0.15, 0.2) is 91.0 Å². The average molecular weight is 442 g/mol. The van der Waals surface area contributed by atoms with Gasteiger partial charge in [0.05, 0.1) is 13.1 Å². The number of piperidine rings is 1. The molecule has 0 bridgehead atoms. The number of para-hydroxylation sites is 1. The molecule has 1 aliphatic rings. The van der Waals surface area contributed by atoms with E-state index in [0.29, 0.717) is 5.92 Å². The number of nitrogens with one attached hydrogen (secondary N) is 1. The fourth-order valence-corrected chi connectivity index (χ4v) is 5.06. The van der Waals surface area contributed by atoms with Crippen molar-refractivity contribution in [2.75, 3.05) is 13.1 Å². The van der Waals surface area contributed by atoms with Crippen molar-refractivity contribution >= 4 is 12.2 Å². The number of hydrogen-bond acceptors (Lipinski definition) is 2. The summed E-state index contributed by atoms with van der Waals surface area (Å²) in [6.45, 7) is 3.11. The number of hydrogen-bond donors (Lipinski definition) is 1. The maximum Gasteiger partial charge on any atom is 0.207 e. The number of quaternary nitrogens is 1. The second kappa shape index (κ2) is 9.63. The van der Waals surface area contributed by atoms with E-state index in [2.05, 4.69) is 83.4 Å². The van der Waals surface area contributed by atoms with E-state index in [4.69, 9.17) is 17.3 Å². The Morgan fingerprint density at radius 2 is 1.41 bits per heavy atom. The molecule has 1 aromatic heterocycles. The molecule has 5 rings (SSSR count). The Morgan fingerprint density at radius 1 is 0.812 bits per heavy atom. The van der Waals surface area contributed by atoms with Crippen molar-refractivity contribution in [3.8, 4) is 5.69 Å². The maximum absolute atomic E-state index is 5.93. The van der Waals surface area contributed by atoms with Gasteiger partial charge in [0.2, 0.25) is 4.77 Å². The van der Waals surface area contributed by atoms with E-state index in [9.17, 15) is 0 Å². The molecule has 0 spiro atoms. The summed E-state index contributed by atoms with van der Waals surface area (Å²) in [6.07, 6.45) is 3.18. The van der Waals surface area contributed by atoms with Crippen molar-refractivity contribution < 1.29 is 4.90 Å². The molecule has 5 heteroatoms. The summed E-state index contributed by atoms with van der Waals surface area (Å²) in [5.74, 6) is 1.66. The van der Waals surface area contributed by atoms with Crippen LogP contribution in [-0.2, 0) is 13.1 Å². The Morgan fingerprint density at radius 3 is 2.06 bits per heavy atom. The van der Waals surface area contributed by atoms with E-state index < -0.39 is 0 Å². The number of aromatic nitrogens is 3. The van der Waals surface area contributed by atoms with Gasteiger partial charge in [-0.1, -0.05) is 78.9 Å². The van der Waals surface area contributed by atoms with Crippen molar-refractivity contribution in [1.29, 1.82) is 0 Å². The van der Waals surface area contributed by atoms with E-state index in [-0.39, 0.29) is 0 Å². The second-order valence-corrected chi connectivity index (χ2v) is 8.99. The largest absolute Gasteiger partial charge is 0.316 e. The van der Waals surface area contributed by atoms with Gasteiger partial charge in [0.15, 0.2) is 6.67 Å². The molecule has 1 N–H and O–H groups in total. The fourth-order valence-electron chi connectivity index (χ4n) is 4.74. The zero-order valence-corrected chi connectivity index (χ0v) is 19.0. The van der Waals surface area contributed by atoms with E-state index in [1.165, 1.54) is 24.0 Å². The molecular weight excluding hydrogens is 412 g/mol. The zero-order chi connectivity index (χ0) is 21.8. The Kier molecular flexibility index (Phi) is 6.28. The molecule has 162 valence electrons. The van der Waals surface area contributed by atoms with Crippen molar-refractivity contribution in [1.82, 2.24) is 14.3 Å². The lowest BCUT2D eigenvalue weighted by Gasteiger charge is -2.29. The second-order valence-electron chi connectivity index (χ2n) is 8.62. The van der Waals surface area contributed by atoms with Gasteiger partial charge >= 0.3 is 0 Å². The Labute approximate surface area is 194 Å². The lowest BCUT2D eigenvalue weighted by Crippen LogP contribution is -3.12. The van der Waals surface area contributed by atoms with Gasteiger partial charge in [-0.25, -0.2) is 0 Å². The van der Waals surface area contributed by atoms with Crippen LogP contribution in [0.25, 0.3) is 5.69 Å². The molecule has 4 nitrogen and oxygen atoms in total. The Bertz CT molecular complexity index is 1190. The van der Waals surface area contributed by atoms with Gasteiger partial charge < -0.3 is 4.90 Å². The highest BCUT2D eigenvalue weighted by atomic mass is 32.1. The van der Waals surface area contributed by atoms with E-state index >= 15 is 0 Å². The summed E-state index contributed by atoms with van der Waals surface area (Å²) in [7, 11) is 0. The van der Waals surface area contributed by atoms with Gasteiger partial charge in [0.25, 0.3) is 0 Å². The third kappa shape index (κ3) is 4.59. The van der Waals surface area contributed by atoms with Crippen LogP contribution in [0.2, 0.25) is 0 Å². The normalized spacial score (nSPS) is 18.5. The highest BCUT2D eigenvalue weighted by molar-refractivity contribution is 7.71. The molecule has 1 saturated heterocycles. The zero-order valence-electron chi connectivity index (χ0n) is 18.2. The lowest BCUT2D eigenvalue weighted by atomic mass is 9.90. The number of nitrogens with zero attached hydrogens (tertiary/aromatic N) is 3. The van der Waals surface area contributed by atoms with Gasteiger partial charge in [-0.15, -0.1) is 0 Å². The summed E-state index contributed by atoms with van der Waals surface area (Å²) in [5.41, 5.74) is 3.79. The lowest BCUT2D eigenvalue weighted by molar-refractivity contribution is -0.928. The third-order valence-corrected chi connectivity index (χ3v) is 6.86. The fraction of sp³-hybridized carbons (Fsp3) is 0.259. The maximum atomic E-state index is 5.93. The Balaban J connectivity index is 1.37. The molecule has 0 aliphatic carbocycles. The summed E-state index contributed by atoms with van der Waals surface area (Å²) in [4.78, 5) is 1.55. The molecule has 0 unspecified atom stereocenters. The van der Waals surface area contributed by atoms with Crippen molar-refractivity contribution in [2.24, 2.45) is 0 Å². The van der Waals surface area contributed by atoms with Gasteiger partial charge in [-0.05, 0) is 41.4 Å². The molecule has 32 heavy (non-hydrogen) atoms. The summed E-state index contributed by atoms with van der Waals surface area (Å²) >= 11 is 5.93. The molecule has 0 saturated carbocycles. The molecule has 0 amide bonds. The van der Waals surface area contributed by atoms with Crippen molar-refractivity contribution in [3.05, 3.63) is 113 Å². The molecule has 1 aliphatic heterocycles. The van der Waals surface area contributed by atoms with Crippen LogP contribution in [0.4, 0.5) is 0 Å². The minimum atomic E-state index is 0.670. The highest BCUT2D eigenvalue weighted by Gasteiger charge is 2.24. The molecule has 0 radical (unpaired) electrons. The third-order valence-electron chi connectivity index (χ3n) is 6.46. The first-order valence-corrected chi connectivity index (χ1v) is 11.9. The Hall–Kier alpha value is -3.02. The number of benzene rings is 3. The van der Waals surface area contributed by atoms with Crippen LogP contribution >= 0.6 is 12.2 Å². The molecule has 1 fully saturated rings. The minimum absolute atomic E-state index is 0.670. The van der Waals surface area contributed by atoms with Crippen molar-refractivity contribution in [2.45, 2.75) is 31.8 Å². The van der Waals surface area contributed by atoms with E-state index in [1.807, 2.05) is 16.8 Å². The topological polar surface area (TPSA) is 27.2 Å². The first-order valence-electron chi connectivity index (χ1n) is 11.4. The summed E-state index contributed by atoms with van der Waals surface area (Å²) in [6, 6.07) is 31.8. The van der Waals surface area contributed by atoms with Crippen molar-refractivity contribution in [3.63, 3.8) is 0 Å². The first-order chi connectivity index (χ1) is 15.8. The van der Waals surface area contributed by atoms with Crippen LogP contribution in [0.1, 0.15) is 35.7 Å². The molecule has 3 aromatic carbocycles. The SMILES string of the molecule is S=c1n(C[NH+]2CCC(c3ccccc3)CC2)nc(Cc2ccccc2)n1-c1ccccc1.